The van der Waals surface area contributed by atoms with Crippen LogP contribution in [-0.4, -0.2) is 50.6 Å². The molecule has 3 aliphatic rings. The second kappa shape index (κ2) is 6.72. The lowest BCUT2D eigenvalue weighted by Crippen LogP contribution is -2.55. The van der Waals surface area contributed by atoms with E-state index >= 15 is 0 Å². The molecule has 2 aliphatic heterocycles. The first-order valence-corrected chi connectivity index (χ1v) is 13.5. The van der Waals surface area contributed by atoms with Gasteiger partial charge >= 0.3 is 0 Å². The number of likely N-dealkylation sites (tertiary alicyclic amines) is 1. The Hall–Kier alpha value is -2.08. The second-order valence-corrected chi connectivity index (χ2v) is 14.0. The minimum atomic E-state index is -1.85. The first-order chi connectivity index (χ1) is 13.9. The van der Waals surface area contributed by atoms with Crippen LogP contribution in [0.2, 0.25) is 18.6 Å². The number of benzene rings is 2. The van der Waals surface area contributed by atoms with Gasteiger partial charge in [0.05, 0.1) is 14.2 Å². The minimum absolute atomic E-state index is 0.138. The molecule has 0 saturated carbocycles. The molecule has 0 unspecified atom stereocenters. The third kappa shape index (κ3) is 2.79. The predicted octanol–water partition coefficient (Wildman–Crippen LogP) is 3.27. The van der Waals surface area contributed by atoms with Gasteiger partial charge in [-0.2, -0.15) is 0 Å². The SMILES string of the molecule is CN1C[C@@H]([Si](C)(C)c2ccccc2)[C@]2(c3ccc4c(c3)OCO4)C=C[C@H](O)C[C@H]12. The Kier molecular flexibility index (Phi) is 4.39. The van der Waals surface area contributed by atoms with Crippen LogP contribution in [-0.2, 0) is 5.41 Å². The topological polar surface area (TPSA) is 41.9 Å². The molecule has 1 saturated heterocycles. The molecule has 5 rings (SSSR count). The number of fused-ring (bicyclic) bond motifs is 2. The summed E-state index contributed by atoms with van der Waals surface area (Å²) in [5.41, 5.74) is 1.62. The molecule has 1 fully saturated rings. The molecule has 5 heteroatoms. The lowest BCUT2D eigenvalue weighted by atomic mass is 9.69. The zero-order chi connectivity index (χ0) is 20.2. The van der Waals surface area contributed by atoms with E-state index in [-0.39, 0.29) is 24.4 Å². The summed E-state index contributed by atoms with van der Waals surface area (Å²) in [6, 6.07) is 17.7. The molecule has 2 heterocycles. The van der Waals surface area contributed by atoms with Gasteiger partial charge in [0.1, 0.15) is 0 Å². The zero-order valence-electron chi connectivity index (χ0n) is 17.3. The summed E-state index contributed by atoms with van der Waals surface area (Å²) in [6.45, 7) is 6.31. The molecule has 1 N–H and O–H groups in total. The van der Waals surface area contributed by atoms with Gasteiger partial charge in [-0.05, 0) is 36.7 Å². The lowest BCUT2D eigenvalue weighted by Gasteiger charge is -2.47. The summed E-state index contributed by atoms with van der Waals surface area (Å²) in [4.78, 5) is 2.47. The van der Waals surface area contributed by atoms with Gasteiger partial charge in [-0.25, -0.2) is 0 Å². The van der Waals surface area contributed by atoms with Crippen molar-refractivity contribution in [1.82, 2.24) is 4.90 Å². The monoisotopic (exact) mass is 407 g/mol. The summed E-state index contributed by atoms with van der Waals surface area (Å²) in [6.07, 6.45) is 4.71. The van der Waals surface area contributed by atoms with Crippen molar-refractivity contribution in [1.29, 1.82) is 0 Å². The van der Waals surface area contributed by atoms with E-state index in [0.29, 0.717) is 5.54 Å². The highest BCUT2D eigenvalue weighted by Gasteiger charge is 2.59. The van der Waals surface area contributed by atoms with Gasteiger partial charge < -0.3 is 19.5 Å². The predicted molar refractivity (Wildman–Crippen MR) is 118 cm³/mol. The van der Waals surface area contributed by atoms with Gasteiger partial charge in [-0.3, -0.25) is 0 Å². The van der Waals surface area contributed by atoms with Crippen LogP contribution < -0.4 is 14.7 Å². The normalized spacial score (nSPS) is 31.1. The number of hydrogen-bond acceptors (Lipinski definition) is 4. The molecule has 152 valence electrons. The van der Waals surface area contributed by atoms with Crippen LogP contribution in [0.5, 0.6) is 11.5 Å². The molecule has 2 aromatic rings. The van der Waals surface area contributed by atoms with Crippen molar-refractivity contribution in [2.45, 2.75) is 42.6 Å². The maximum atomic E-state index is 10.4. The zero-order valence-corrected chi connectivity index (χ0v) is 18.3. The average Bonchev–Trinajstić information content (AvgIpc) is 3.31. The van der Waals surface area contributed by atoms with E-state index < -0.39 is 8.07 Å². The molecule has 4 atom stereocenters. The summed E-state index contributed by atoms with van der Waals surface area (Å²) in [5, 5.41) is 11.9. The largest absolute Gasteiger partial charge is 0.454 e. The van der Waals surface area contributed by atoms with Crippen molar-refractivity contribution in [3.63, 3.8) is 0 Å². The van der Waals surface area contributed by atoms with Crippen molar-refractivity contribution in [2.75, 3.05) is 20.4 Å². The quantitative estimate of drug-likeness (QED) is 0.626. The first-order valence-electron chi connectivity index (χ1n) is 10.5. The minimum Gasteiger partial charge on any atom is -0.454 e. The molecule has 0 bridgehead atoms. The summed E-state index contributed by atoms with van der Waals surface area (Å²) >= 11 is 0. The molecule has 0 aromatic heterocycles. The molecule has 29 heavy (non-hydrogen) atoms. The Morgan fingerprint density at radius 1 is 1.07 bits per heavy atom. The molecule has 4 nitrogen and oxygen atoms in total. The Bertz CT molecular complexity index is 944. The fourth-order valence-electron chi connectivity index (χ4n) is 5.89. The number of hydrogen-bond donors (Lipinski definition) is 1. The van der Waals surface area contributed by atoms with Crippen molar-refractivity contribution < 1.29 is 14.6 Å². The summed E-state index contributed by atoms with van der Waals surface area (Å²) in [7, 11) is 0.370. The molecule has 0 radical (unpaired) electrons. The van der Waals surface area contributed by atoms with Crippen LogP contribution in [0, 0.1) is 0 Å². The Labute approximate surface area is 173 Å². The molecule has 0 amide bonds. The van der Waals surface area contributed by atoms with Crippen LogP contribution >= 0.6 is 0 Å². The standard InChI is InChI=1S/C24H29NO3Si/c1-25-15-23(29(2,3)19-7-5-4-6-8-19)24(12-11-18(26)14-22(24)25)17-9-10-20-21(13-17)28-16-27-20/h4-13,18,22-23,26H,14-16H2,1-3H3/t18-,22-,23+,24-/m0/s1. The van der Waals surface area contributed by atoms with Crippen LogP contribution in [0.3, 0.4) is 0 Å². The van der Waals surface area contributed by atoms with E-state index in [2.05, 4.69) is 79.6 Å². The van der Waals surface area contributed by atoms with Gasteiger partial charge in [0.25, 0.3) is 0 Å². The van der Waals surface area contributed by atoms with Gasteiger partial charge in [0, 0.05) is 18.0 Å². The fraction of sp³-hybridized carbons (Fsp3) is 0.417. The lowest BCUT2D eigenvalue weighted by molar-refractivity contribution is 0.137. The van der Waals surface area contributed by atoms with Gasteiger partial charge in [-0.15, -0.1) is 0 Å². The van der Waals surface area contributed by atoms with Crippen molar-refractivity contribution in [2.24, 2.45) is 0 Å². The maximum absolute atomic E-state index is 10.4. The average molecular weight is 408 g/mol. The summed E-state index contributed by atoms with van der Waals surface area (Å²) in [5.74, 6) is 1.66. The fourth-order valence-corrected chi connectivity index (χ4v) is 9.74. The molecule has 0 spiro atoms. The highest BCUT2D eigenvalue weighted by atomic mass is 28.3. The number of aliphatic hydroxyl groups excluding tert-OH is 1. The van der Waals surface area contributed by atoms with E-state index in [1.165, 1.54) is 10.8 Å². The molecule has 1 aliphatic carbocycles. The van der Waals surface area contributed by atoms with Gasteiger partial charge in [0.2, 0.25) is 6.79 Å². The van der Waals surface area contributed by atoms with Crippen molar-refractivity contribution in [3.8, 4) is 11.5 Å². The Morgan fingerprint density at radius 3 is 2.62 bits per heavy atom. The number of ether oxygens (including phenoxy) is 2. The molecular weight excluding hydrogens is 378 g/mol. The van der Waals surface area contributed by atoms with Crippen LogP contribution in [0.1, 0.15) is 12.0 Å². The number of rotatable bonds is 3. The number of nitrogens with zero attached hydrogens (tertiary/aromatic N) is 1. The van der Waals surface area contributed by atoms with Crippen LogP contribution in [0.4, 0.5) is 0 Å². The van der Waals surface area contributed by atoms with Crippen LogP contribution in [0.25, 0.3) is 0 Å². The highest BCUT2D eigenvalue weighted by molar-refractivity contribution is 6.91. The third-order valence-corrected chi connectivity index (χ3v) is 11.7. The van der Waals surface area contributed by atoms with Gasteiger partial charge in [-0.1, -0.05) is 66.8 Å². The van der Waals surface area contributed by atoms with E-state index in [1.54, 1.807) is 0 Å². The molecular formula is C24H29NO3Si. The van der Waals surface area contributed by atoms with E-state index in [9.17, 15) is 5.11 Å². The third-order valence-electron chi connectivity index (χ3n) is 7.45. The van der Waals surface area contributed by atoms with E-state index in [0.717, 1.165) is 24.5 Å². The Morgan fingerprint density at radius 2 is 1.83 bits per heavy atom. The van der Waals surface area contributed by atoms with Crippen molar-refractivity contribution >= 4 is 13.3 Å². The number of aliphatic hydroxyl groups is 1. The smallest absolute Gasteiger partial charge is 0.231 e. The molecule has 2 aromatic carbocycles. The second-order valence-electron chi connectivity index (χ2n) is 9.26. The number of likely N-dealkylation sites (N-methyl/N-ethyl adjacent to an activating group) is 1. The first kappa shape index (κ1) is 18.9. The van der Waals surface area contributed by atoms with Crippen LogP contribution in [0.15, 0.2) is 60.7 Å². The Balaban J connectivity index is 1.69. The highest BCUT2D eigenvalue weighted by Crippen LogP contribution is 2.56. The van der Waals surface area contributed by atoms with Crippen molar-refractivity contribution in [3.05, 3.63) is 66.2 Å². The van der Waals surface area contributed by atoms with E-state index in [4.69, 9.17) is 9.47 Å². The maximum Gasteiger partial charge on any atom is 0.231 e. The van der Waals surface area contributed by atoms with E-state index in [1.807, 2.05) is 6.08 Å². The van der Waals surface area contributed by atoms with Gasteiger partial charge in [0.15, 0.2) is 11.5 Å². The summed E-state index contributed by atoms with van der Waals surface area (Å²) < 4.78 is 11.3.